The zero-order valence-electron chi connectivity index (χ0n) is 16.6. The number of thiophene rings is 1. The van der Waals surface area contributed by atoms with Crippen LogP contribution in [0, 0.1) is 0 Å². The summed E-state index contributed by atoms with van der Waals surface area (Å²) in [6, 6.07) is 3.60. The molecule has 1 aliphatic rings. The van der Waals surface area contributed by atoms with Gasteiger partial charge in [0.25, 0.3) is 5.56 Å². The fourth-order valence-electron chi connectivity index (χ4n) is 4.08. The molecule has 0 saturated carbocycles. The van der Waals surface area contributed by atoms with Crippen molar-refractivity contribution in [2.75, 3.05) is 20.6 Å². The van der Waals surface area contributed by atoms with Crippen molar-refractivity contribution in [3.8, 4) is 0 Å². The average Bonchev–Trinajstić information content (AvgIpc) is 3.24. The molecule has 0 aromatic carbocycles. The van der Waals surface area contributed by atoms with Crippen molar-refractivity contribution in [1.82, 2.24) is 9.13 Å². The Hall–Kier alpha value is -2.12. The van der Waals surface area contributed by atoms with Crippen LogP contribution in [0.25, 0.3) is 10.2 Å². The Kier molecular flexibility index (Phi) is 5.55. The van der Waals surface area contributed by atoms with Gasteiger partial charge in [-0.05, 0) is 43.4 Å². The number of furan rings is 1. The van der Waals surface area contributed by atoms with E-state index < -0.39 is 0 Å². The quantitative estimate of drug-likeness (QED) is 0.638. The van der Waals surface area contributed by atoms with E-state index in [1.165, 1.54) is 26.3 Å². The van der Waals surface area contributed by atoms with Crippen molar-refractivity contribution in [3.63, 3.8) is 0 Å². The Labute approximate surface area is 168 Å². The summed E-state index contributed by atoms with van der Waals surface area (Å²) in [5.41, 5.74) is 0.798. The van der Waals surface area contributed by atoms with Gasteiger partial charge in [-0.3, -0.25) is 13.9 Å². The van der Waals surface area contributed by atoms with Gasteiger partial charge in [-0.25, -0.2) is 4.79 Å². The minimum Gasteiger partial charge on any atom is -0.467 e. The maximum absolute atomic E-state index is 13.4. The van der Waals surface area contributed by atoms with E-state index in [-0.39, 0.29) is 17.8 Å². The second kappa shape index (κ2) is 8.09. The van der Waals surface area contributed by atoms with Gasteiger partial charge in [0.1, 0.15) is 10.6 Å². The van der Waals surface area contributed by atoms with E-state index in [0.29, 0.717) is 12.3 Å². The van der Waals surface area contributed by atoms with E-state index in [1.54, 1.807) is 23.7 Å². The van der Waals surface area contributed by atoms with Crippen LogP contribution in [-0.4, -0.2) is 29.8 Å². The molecule has 0 radical (unpaired) electrons. The molecule has 3 aromatic rings. The minimum absolute atomic E-state index is 0.162. The van der Waals surface area contributed by atoms with Crippen molar-refractivity contribution >= 4 is 21.6 Å². The van der Waals surface area contributed by atoms with E-state index >= 15 is 0 Å². The van der Waals surface area contributed by atoms with Crippen LogP contribution in [0.5, 0.6) is 0 Å². The normalized spacial score (nSPS) is 14.5. The highest BCUT2D eigenvalue weighted by Gasteiger charge is 2.23. The predicted molar refractivity (Wildman–Crippen MR) is 112 cm³/mol. The summed E-state index contributed by atoms with van der Waals surface area (Å²) in [6.07, 6.45) is 7.91. The first-order valence-corrected chi connectivity index (χ1v) is 11.0. The van der Waals surface area contributed by atoms with Gasteiger partial charge in [0, 0.05) is 17.8 Å². The van der Waals surface area contributed by atoms with E-state index in [9.17, 15) is 9.59 Å². The molecule has 0 unspecified atom stereocenters. The third-order valence-electron chi connectivity index (χ3n) is 5.52. The van der Waals surface area contributed by atoms with Crippen LogP contribution in [0.3, 0.4) is 0 Å². The number of nitrogens with one attached hydrogen (secondary N) is 1. The smallest absolute Gasteiger partial charge is 0.332 e. The van der Waals surface area contributed by atoms with Crippen LogP contribution in [0.15, 0.2) is 32.4 Å². The van der Waals surface area contributed by atoms with Crippen LogP contribution in [0.1, 0.15) is 41.9 Å². The molecule has 7 heteroatoms. The molecule has 3 aromatic heterocycles. The zero-order valence-corrected chi connectivity index (χ0v) is 17.4. The van der Waals surface area contributed by atoms with E-state index in [1.807, 2.05) is 10.6 Å². The SMILES string of the molecule is C[NH+](C)CCCn1c(=O)n(Cc2ccco2)c(=O)c2c3c(sc21)CCCCC3. The number of rotatable bonds is 6. The highest BCUT2D eigenvalue weighted by Crippen LogP contribution is 2.33. The lowest BCUT2D eigenvalue weighted by Gasteiger charge is -2.13. The van der Waals surface area contributed by atoms with Crippen molar-refractivity contribution in [1.29, 1.82) is 0 Å². The molecule has 28 heavy (non-hydrogen) atoms. The Morgan fingerprint density at radius 1 is 1.14 bits per heavy atom. The molecule has 0 bridgehead atoms. The molecule has 0 aliphatic heterocycles. The molecular weight excluding hydrogens is 374 g/mol. The number of aryl methyl sites for hydroxylation is 3. The van der Waals surface area contributed by atoms with Crippen LogP contribution in [-0.2, 0) is 25.9 Å². The van der Waals surface area contributed by atoms with E-state index in [4.69, 9.17) is 4.42 Å². The van der Waals surface area contributed by atoms with Gasteiger partial charge in [-0.2, -0.15) is 0 Å². The third-order valence-corrected chi connectivity index (χ3v) is 6.84. The van der Waals surface area contributed by atoms with Crippen molar-refractivity contribution < 1.29 is 9.32 Å². The van der Waals surface area contributed by atoms with Crippen molar-refractivity contribution in [2.45, 2.75) is 51.6 Å². The summed E-state index contributed by atoms with van der Waals surface area (Å²) in [6.45, 7) is 1.80. The summed E-state index contributed by atoms with van der Waals surface area (Å²) >= 11 is 1.66. The van der Waals surface area contributed by atoms with Gasteiger partial charge in [0.15, 0.2) is 0 Å². The topological polar surface area (TPSA) is 61.6 Å². The number of aromatic nitrogens is 2. The van der Waals surface area contributed by atoms with Gasteiger partial charge in [0.05, 0.1) is 38.8 Å². The molecule has 0 amide bonds. The lowest BCUT2D eigenvalue weighted by atomic mass is 10.1. The number of quaternary nitrogens is 1. The highest BCUT2D eigenvalue weighted by atomic mass is 32.1. The van der Waals surface area contributed by atoms with Crippen LogP contribution in [0.2, 0.25) is 0 Å². The summed E-state index contributed by atoms with van der Waals surface area (Å²) in [5.74, 6) is 0.629. The average molecular weight is 403 g/mol. The fourth-order valence-corrected chi connectivity index (χ4v) is 5.48. The summed E-state index contributed by atoms with van der Waals surface area (Å²) in [4.78, 5) is 30.2. The molecule has 4 rings (SSSR count). The maximum atomic E-state index is 13.4. The maximum Gasteiger partial charge on any atom is 0.332 e. The highest BCUT2D eigenvalue weighted by molar-refractivity contribution is 7.18. The molecule has 3 heterocycles. The van der Waals surface area contributed by atoms with Gasteiger partial charge < -0.3 is 9.32 Å². The molecule has 0 spiro atoms. The molecule has 1 aliphatic carbocycles. The van der Waals surface area contributed by atoms with Crippen LogP contribution in [0.4, 0.5) is 0 Å². The van der Waals surface area contributed by atoms with Gasteiger partial charge in [-0.1, -0.05) is 6.42 Å². The largest absolute Gasteiger partial charge is 0.467 e. The Bertz CT molecular complexity index is 1070. The Morgan fingerprint density at radius 3 is 2.71 bits per heavy atom. The molecule has 0 saturated heterocycles. The lowest BCUT2D eigenvalue weighted by Crippen LogP contribution is -3.05. The van der Waals surface area contributed by atoms with E-state index in [0.717, 1.165) is 48.9 Å². The lowest BCUT2D eigenvalue weighted by molar-refractivity contribution is -0.858. The molecule has 6 nitrogen and oxygen atoms in total. The minimum atomic E-state index is -0.223. The van der Waals surface area contributed by atoms with E-state index in [2.05, 4.69) is 14.1 Å². The van der Waals surface area contributed by atoms with Crippen molar-refractivity contribution in [3.05, 3.63) is 55.4 Å². The summed E-state index contributed by atoms with van der Waals surface area (Å²) < 4.78 is 8.62. The second-order valence-corrected chi connectivity index (χ2v) is 9.04. The molecule has 1 N–H and O–H groups in total. The first-order valence-electron chi connectivity index (χ1n) is 10.2. The van der Waals surface area contributed by atoms with Crippen LogP contribution < -0.4 is 16.1 Å². The molecular formula is C21H28N3O3S+. The monoisotopic (exact) mass is 402 g/mol. The first-order chi connectivity index (χ1) is 13.6. The van der Waals surface area contributed by atoms with Gasteiger partial charge >= 0.3 is 5.69 Å². The Balaban J connectivity index is 1.89. The Morgan fingerprint density at radius 2 is 1.96 bits per heavy atom. The fraction of sp³-hybridized carbons (Fsp3) is 0.524. The van der Waals surface area contributed by atoms with Gasteiger partial charge in [0.2, 0.25) is 0 Å². The summed E-state index contributed by atoms with van der Waals surface area (Å²) in [7, 11) is 4.23. The standard InChI is InChI=1S/C21H27N3O3S/c1-22(2)11-7-12-23-20-18(16-9-4-3-5-10-17(16)28-20)19(25)24(21(23)26)14-15-8-6-13-27-15/h6,8,13H,3-5,7,9-12,14H2,1-2H3/p+1. The number of nitrogens with zero attached hydrogens (tertiary/aromatic N) is 2. The van der Waals surface area contributed by atoms with Crippen LogP contribution >= 0.6 is 11.3 Å². The van der Waals surface area contributed by atoms with Gasteiger partial charge in [-0.15, -0.1) is 11.3 Å². The molecule has 0 atom stereocenters. The number of hydrogen-bond donors (Lipinski definition) is 1. The molecule has 0 fully saturated rings. The number of hydrogen-bond acceptors (Lipinski definition) is 4. The zero-order chi connectivity index (χ0) is 19.7. The second-order valence-electron chi connectivity index (χ2n) is 7.96. The molecule has 150 valence electrons. The predicted octanol–water partition coefficient (Wildman–Crippen LogP) is 1.67. The third kappa shape index (κ3) is 3.61. The number of fused-ring (bicyclic) bond motifs is 3. The first kappa shape index (κ1) is 19.2. The van der Waals surface area contributed by atoms with Crippen molar-refractivity contribution in [2.24, 2.45) is 0 Å². The summed E-state index contributed by atoms with van der Waals surface area (Å²) in [5, 5.41) is 0.769.